The van der Waals surface area contributed by atoms with E-state index in [-0.39, 0.29) is 0 Å². The van der Waals surface area contributed by atoms with Crippen LogP contribution in [-0.4, -0.2) is 43.9 Å². The van der Waals surface area contributed by atoms with Gasteiger partial charge in [-0.3, -0.25) is 0 Å². The molecule has 0 N–H and O–H groups in total. The molecule has 4 aromatic carbocycles. The van der Waals surface area contributed by atoms with Crippen molar-refractivity contribution < 1.29 is 17.9 Å². The summed E-state index contributed by atoms with van der Waals surface area (Å²) in [6, 6.07) is 36.1. The van der Waals surface area contributed by atoms with Crippen molar-refractivity contribution in [3.8, 4) is 22.3 Å². The second-order valence-electron chi connectivity index (χ2n) is 14.0. The van der Waals surface area contributed by atoms with Crippen LogP contribution in [0.4, 0.5) is 0 Å². The van der Waals surface area contributed by atoms with E-state index in [1.807, 2.05) is 0 Å². The van der Waals surface area contributed by atoms with Crippen LogP contribution < -0.4 is 0 Å². The van der Waals surface area contributed by atoms with Crippen molar-refractivity contribution in [1.29, 1.82) is 0 Å². The molecule has 0 spiro atoms. The summed E-state index contributed by atoms with van der Waals surface area (Å²) in [6.07, 6.45) is 5.10. The van der Waals surface area contributed by atoms with E-state index in [2.05, 4.69) is 170 Å². The van der Waals surface area contributed by atoms with Gasteiger partial charge < -0.3 is 0 Å². The summed E-state index contributed by atoms with van der Waals surface area (Å²) in [5, 5.41) is 0. The molecule has 0 aliphatic heterocycles. The summed E-state index contributed by atoms with van der Waals surface area (Å²) >= 11 is -3.84. The van der Waals surface area contributed by atoms with Gasteiger partial charge in [-0.1, -0.05) is 0 Å². The molecular formula is C38H45N2SiZr. The van der Waals surface area contributed by atoms with Gasteiger partial charge in [0.05, 0.1) is 0 Å². The van der Waals surface area contributed by atoms with Gasteiger partial charge >= 0.3 is 257 Å². The zero-order chi connectivity index (χ0) is 29.8. The fourth-order valence-corrected chi connectivity index (χ4v) is 36.5. The van der Waals surface area contributed by atoms with E-state index in [0.717, 1.165) is 0 Å². The van der Waals surface area contributed by atoms with Gasteiger partial charge in [-0.2, -0.15) is 0 Å². The van der Waals surface area contributed by atoms with Gasteiger partial charge in [0.1, 0.15) is 0 Å². The van der Waals surface area contributed by atoms with E-state index in [1.165, 1.54) is 44.8 Å². The molecule has 0 radical (unpaired) electrons. The van der Waals surface area contributed by atoms with Crippen LogP contribution in [0.15, 0.2) is 108 Å². The van der Waals surface area contributed by atoms with Gasteiger partial charge in [0.25, 0.3) is 0 Å². The van der Waals surface area contributed by atoms with Crippen LogP contribution in [0.5, 0.6) is 0 Å². The molecule has 4 aromatic rings. The first-order valence-electron chi connectivity index (χ1n) is 15.4. The zero-order valence-electron chi connectivity index (χ0n) is 26.5. The molecule has 0 saturated carbocycles. The molecule has 215 valence electrons. The zero-order valence-corrected chi connectivity index (χ0v) is 30.1. The molecular weight excluding hydrogens is 604 g/mol. The number of fused-ring (bicyclic) bond motifs is 2. The van der Waals surface area contributed by atoms with E-state index >= 15 is 0 Å². The molecule has 2 atom stereocenters. The standard InChI is InChI=1S/2C17H16N.C2H7Si.2CH3.Zr/c2*1-18(2)15-11-14-9-6-10-16(17(14)12-15)13-7-4-3-5-8-13;1-3-2;;;/h2*3-12H,1-2H3;3H,1-2H3;2*1H3;. The number of hydrogen-bond acceptors (Lipinski definition) is 2. The van der Waals surface area contributed by atoms with Crippen molar-refractivity contribution in [1.82, 2.24) is 9.80 Å². The molecule has 2 unspecified atom stereocenters. The van der Waals surface area contributed by atoms with Crippen molar-refractivity contribution in [2.75, 3.05) is 28.2 Å². The van der Waals surface area contributed by atoms with Crippen molar-refractivity contribution >= 4 is 18.1 Å². The first-order valence-corrected chi connectivity index (χ1v) is 30.3. The van der Waals surface area contributed by atoms with Crippen molar-refractivity contribution in [2.24, 2.45) is 0 Å². The van der Waals surface area contributed by atoms with Crippen LogP contribution in [0.1, 0.15) is 29.5 Å². The monoisotopic (exact) mass is 647 g/mol. The molecule has 2 aliphatic rings. The van der Waals surface area contributed by atoms with Crippen molar-refractivity contribution in [3.05, 3.63) is 131 Å². The molecule has 42 heavy (non-hydrogen) atoms. The Hall–Kier alpha value is -2.94. The fourth-order valence-electron chi connectivity index (χ4n) is 8.03. The van der Waals surface area contributed by atoms with Gasteiger partial charge in [-0.15, -0.1) is 0 Å². The van der Waals surface area contributed by atoms with Gasteiger partial charge in [-0.25, -0.2) is 0 Å². The molecule has 0 saturated heterocycles. The van der Waals surface area contributed by atoms with Crippen LogP contribution in [0.25, 0.3) is 34.4 Å². The van der Waals surface area contributed by atoms with Gasteiger partial charge in [0, 0.05) is 0 Å². The van der Waals surface area contributed by atoms with Crippen LogP contribution in [0.2, 0.25) is 22.4 Å². The number of benzene rings is 4. The van der Waals surface area contributed by atoms with Crippen molar-refractivity contribution in [3.63, 3.8) is 0 Å². The molecule has 0 aromatic heterocycles. The molecule has 0 fully saturated rings. The quantitative estimate of drug-likeness (QED) is 0.184. The Labute approximate surface area is 255 Å². The molecule has 6 rings (SSSR count). The Kier molecular flexibility index (Phi) is 7.39. The Morgan fingerprint density at radius 2 is 0.905 bits per heavy atom. The Balaban J connectivity index is 1.63. The van der Waals surface area contributed by atoms with Crippen LogP contribution in [0.3, 0.4) is 0 Å². The first-order chi connectivity index (χ1) is 20.0. The third kappa shape index (κ3) is 4.37. The summed E-state index contributed by atoms with van der Waals surface area (Å²) in [5.74, 6) is -1.20. The second kappa shape index (κ2) is 10.6. The molecule has 0 bridgehead atoms. The predicted molar refractivity (Wildman–Crippen MR) is 183 cm³/mol. The summed E-state index contributed by atoms with van der Waals surface area (Å²) in [7, 11) is 9.07. The third-order valence-electron chi connectivity index (χ3n) is 10.9. The van der Waals surface area contributed by atoms with Gasteiger partial charge in [-0.05, 0) is 0 Å². The normalized spacial score (nSPS) is 18.5. The van der Waals surface area contributed by atoms with E-state index < -0.39 is 23.9 Å². The molecule has 4 heteroatoms. The second-order valence-corrected chi connectivity index (χ2v) is 51.9. The number of nitrogens with zero attached hydrogens (tertiary/aromatic N) is 2. The number of rotatable bonds is 7. The third-order valence-corrected chi connectivity index (χ3v) is 57.3. The van der Waals surface area contributed by atoms with Gasteiger partial charge in [0.15, 0.2) is 0 Å². The minimum atomic E-state index is -3.84. The molecule has 2 aliphatic carbocycles. The topological polar surface area (TPSA) is 6.48 Å². The van der Waals surface area contributed by atoms with Crippen LogP contribution in [0, 0.1) is 0 Å². The summed E-state index contributed by atoms with van der Waals surface area (Å²) < 4.78 is 6.62. The maximum absolute atomic E-state index is 3.84. The molecule has 0 heterocycles. The first kappa shape index (κ1) is 29.1. The Morgan fingerprint density at radius 3 is 1.24 bits per heavy atom. The van der Waals surface area contributed by atoms with E-state index in [1.54, 1.807) is 11.1 Å². The van der Waals surface area contributed by atoms with E-state index in [9.17, 15) is 0 Å². The van der Waals surface area contributed by atoms with Crippen LogP contribution >= 0.6 is 0 Å². The van der Waals surface area contributed by atoms with Crippen LogP contribution in [-0.2, 0) is 17.9 Å². The minimum absolute atomic E-state index is 0.464. The summed E-state index contributed by atoms with van der Waals surface area (Å²) in [4.78, 5) is 4.87. The Bertz CT molecular complexity index is 1580. The number of hydrogen-bond donors (Lipinski definition) is 0. The average Bonchev–Trinajstić information content (AvgIpc) is 3.59. The Morgan fingerprint density at radius 1 is 0.524 bits per heavy atom. The maximum atomic E-state index is 2.84. The van der Waals surface area contributed by atoms with E-state index in [0.29, 0.717) is 7.25 Å². The van der Waals surface area contributed by atoms with Crippen molar-refractivity contribution in [2.45, 2.75) is 29.6 Å². The summed E-state index contributed by atoms with van der Waals surface area (Å²) in [5.41, 5.74) is 14.3. The number of likely N-dealkylation sites (N-methyl/N-ethyl adjacent to an activating group) is 2. The molecule has 2 nitrogen and oxygen atoms in total. The average molecular weight is 649 g/mol. The SMILES string of the molecule is CN(C)C1=Cc2c(-c3ccccc3)cccc2[CH]1[Zr]([CH3])([CH3])([CH]1C(N(C)C)=Cc2c(-c3ccccc3)cccc21)[SiH](C)C. The molecule has 0 amide bonds. The number of allylic oxidation sites excluding steroid dienone is 2. The fraction of sp³-hybridized carbons (Fsp3) is 0.263. The summed E-state index contributed by atoms with van der Waals surface area (Å²) in [6.45, 7) is 5.34. The van der Waals surface area contributed by atoms with E-state index in [4.69, 9.17) is 0 Å². The predicted octanol–water partition coefficient (Wildman–Crippen LogP) is 9.40. The van der Waals surface area contributed by atoms with Gasteiger partial charge in [0.2, 0.25) is 0 Å².